The van der Waals surface area contributed by atoms with Crippen LogP contribution in [0.1, 0.15) is 30.5 Å². The molecule has 0 saturated heterocycles. The molecule has 3 heteroatoms. The molecule has 0 N–H and O–H groups in total. The summed E-state index contributed by atoms with van der Waals surface area (Å²) in [4.78, 5) is 8.78. The summed E-state index contributed by atoms with van der Waals surface area (Å²) >= 11 is 0. The molecule has 0 aliphatic carbocycles. The Labute approximate surface area is 144 Å². The third kappa shape index (κ3) is 4.42. The number of nitrogens with zero attached hydrogens (tertiary/aromatic N) is 2. The lowest BCUT2D eigenvalue weighted by Gasteiger charge is -2.13. The van der Waals surface area contributed by atoms with Gasteiger partial charge in [0.1, 0.15) is 5.75 Å². The van der Waals surface area contributed by atoms with Crippen molar-refractivity contribution in [3.63, 3.8) is 0 Å². The van der Waals surface area contributed by atoms with E-state index in [1.165, 1.54) is 11.1 Å². The molecule has 0 atom stereocenters. The molecule has 0 aliphatic rings. The molecule has 0 amide bonds. The minimum absolute atomic E-state index is 0.714. The zero-order valence-electron chi connectivity index (χ0n) is 14.6. The smallest absolute Gasteiger partial charge is 0.129 e. The average Bonchev–Trinajstić information content (AvgIpc) is 2.65. The molecule has 0 saturated carbocycles. The number of methoxy groups -OCH3 is 1. The summed E-state index contributed by atoms with van der Waals surface area (Å²) in [5, 5.41) is 0. The van der Waals surface area contributed by atoms with Gasteiger partial charge in [-0.3, -0.25) is 9.98 Å². The number of rotatable bonds is 7. The first kappa shape index (κ1) is 17.7. The molecule has 24 heavy (non-hydrogen) atoms. The fourth-order valence-corrected chi connectivity index (χ4v) is 2.42. The largest absolute Gasteiger partial charge is 0.496 e. The molecule has 1 aromatic carbocycles. The Balaban J connectivity index is 2.32. The molecule has 0 fully saturated rings. The van der Waals surface area contributed by atoms with Gasteiger partial charge in [0, 0.05) is 36.2 Å². The van der Waals surface area contributed by atoms with E-state index in [-0.39, 0.29) is 0 Å². The van der Waals surface area contributed by atoms with Crippen molar-refractivity contribution in [2.45, 2.75) is 26.7 Å². The van der Waals surface area contributed by atoms with Crippen LogP contribution in [0, 0.1) is 0 Å². The lowest BCUT2D eigenvalue weighted by atomic mass is 9.97. The van der Waals surface area contributed by atoms with Crippen LogP contribution in [0.3, 0.4) is 0 Å². The number of hydrogen-bond acceptors (Lipinski definition) is 3. The quantitative estimate of drug-likeness (QED) is 0.681. The van der Waals surface area contributed by atoms with E-state index >= 15 is 0 Å². The molecular weight excluding hydrogens is 296 g/mol. The van der Waals surface area contributed by atoms with E-state index in [4.69, 9.17) is 4.74 Å². The highest BCUT2D eigenvalue weighted by atomic mass is 16.5. The Morgan fingerprint density at radius 2 is 1.92 bits per heavy atom. The molecule has 0 radical (unpaired) electrons. The zero-order valence-corrected chi connectivity index (χ0v) is 14.6. The van der Waals surface area contributed by atoms with E-state index in [9.17, 15) is 0 Å². The molecule has 0 unspecified atom stereocenters. The second-order valence-corrected chi connectivity index (χ2v) is 5.46. The minimum atomic E-state index is 0.714. The number of aliphatic imine (C=N–C) groups is 1. The number of allylic oxidation sites excluding steroid dienone is 2. The Hall–Kier alpha value is -2.68. The van der Waals surface area contributed by atoms with Crippen molar-refractivity contribution >= 4 is 11.3 Å². The van der Waals surface area contributed by atoms with E-state index in [0.29, 0.717) is 6.42 Å². The molecule has 2 rings (SSSR count). The van der Waals surface area contributed by atoms with Gasteiger partial charge in [0.15, 0.2) is 0 Å². The van der Waals surface area contributed by atoms with Crippen LogP contribution >= 0.6 is 0 Å². The zero-order chi connectivity index (χ0) is 17.4. The number of hydrogen-bond donors (Lipinski definition) is 0. The van der Waals surface area contributed by atoms with Crippen molar-refractivity contribution in [3.8, 4) is 5.75 Å². The number of aryl methyl sites for hydroxylation is 1. The highest BCUT2D eigenvalue weighted by Crippen LogP contribution is 2.26. The topological polar surface area (TPSA) is 34.5 Å². The van der Waals surface area contributed by atoms with Crippen molar-refractivity contribution < 1.29 is 4.74 Å². The fraction of sp³-hybridized carbons (Fsp3) is 0.238. The molecule has 0 bridgehead atoms. The molecule has 1 aromatic heterocycles. The van der Waals surface area contributed by atoms with Crippen molar-refractivity contribution in [2.75, 3.05) is 7.11 Å². The van der Waals surface area contributed by atoms with E-state index < -0.39 is 0 Å². The molecule has 0 spiro atoms. The van der Waals surface area contributed by atoms with E-state index in [2.05, 4.69) is 47.7 Å². The van der Waals surface area contributed by atoms with Gasteiger partial charge in [-0.2, -0.15) is 0 Å². The highest BCUT2D eigenvalue weighted by Gasteiger charge is 2.13. The van der Waals surface area contributed by atoms with E-state index in [1.807, 2.05) is 19.1 Å². The molecular formula is C21H24N2O. The van der Waals surface area contributed by atoms with Crippen LogP contribution in [0.25, 0.3) is 5.57 Å². The summed E-state index contributed by atoms with van der Waals surface area (Å²) in [5.41, 5.74) is 5.15. The predicted octanol–water partition coefficient (Wildman–Crippen LogP) is 4.88. The predicted molar refractivity (Wildman–Crippen MR) is 102 cm³/mol. The van der Waals surface area contributed by atoms with Gasteiger partial charge in [-0.15, -0.1) is 0 Å². The molecule has 2 aromatic rings. The van der Waals surface area contributed by atoms with Crippen LogP contribution in [0.2, 0.25) is 0 Å². The number of ether oxygens (including phenoxy) is 1. The summed E-state index contributed by atoms with van der Waals surface area (Å²) in [6, 6.07) is 10.5. The van der Waals surface area contributed by atoms with Crippen LogP contribution < -0.4 is 4.74 Å². The summed E-state index contributed by atoms with van der Waals surface area (Å²) in [6.45, 7) is 8.34. The van der Waals surface area contributed by atoms with Crippen molar-refractivity contribution in [3.05, 3.63) is 78.3 Å². The van der Waals surface area contributed by atoms with Crippen LogP contribution in [0.4, 0.5) is 0 Å². The average molecular weight is 320 g/mol. The lowest BCUT2D eigenvalue weighted by molar-refractivity contribution is 0.413. The summed E-state index contributed by atoms with van der Waals surface area (Å²) < 4.78 is 5.43. The summed E-state index contributed by atoms with van der Waals surface area (Å²) in [5.74, 6) is 0.754. The normalized spacial score (nSPS) is 11.7. The Bertz CT molecular complexity index is 743. The SMILES string of the molecule is C=C(C(Cc1ccc(CC)cc1)=N/C=C\C)c1cnccc1OC. The van der Waals surface area contributed by atoms with Gasteiger partial charge in [-0.25, -0.2) is 0 Å². The Morgan fingerprint density at radius 3 is 2.54 bits per heavy atom. The number of benzene rings is 1. The van der Waals surface area contributed by atoms with E-state index in [0.717, 1.165) is 29.0 Å². The third-order valence-corrected chi connectivity index (χ3v) is 3.86. The molecule has 124 valence electrons. The van der Waals surface area contributed by atoms with Crippen molar-refractivity contribution in [2.24, 2.45) is 4.99 Å². The maximum atomic E-state index is 5.43. The lowest BCUT2D eigenvalue weighted by Crippen LogP contribution is -2.07. The van der Waals surface area contributed by atoms with E-state index in [1.54, 1.807) is 25.7 Å². The minimum Gasteiger partial charge on any atom is -0.496 e. The van der Waals surface area contributed by atoms with Crippen LogP contribution in [0.15, 0.2) is 66.6 Å². The van der Waals surface area contributed by atoms with Gasteiger partial charge in [-0.05, 0) is 30.5 Å². The number of aromatic nitrogens is 1. The fourth-order valence-electron chi connectivity index (χ4n) is 2.42. The highest BCUT2D eigenvalue weighted by molar-refractivity contribution is 6.24. The van der Waals surface area contributed by atoms with Gasteiger partial charge in [0.05, 0.1) is 12.8 Å². The summed E-state index contributed by atoms with van der Waals surface area (Å²) in [6.07, 6.45) is 8.94. The van der Waals surface area contributed by atoms with Gasteiger partial charge in [0.25, 0.3) is 0 Å². The van der Waals surface area contributed by atoms with Crippen LogP contribution in [0.5, 0.6) is 5.75 Å². The second-order valence-electron chi connectivity index (χ2n) is 5.46. The standard InChI is InChI=1S/C21H24N2O/c1-5-12-23-20(14-18-9-7-17(6-2)8-10-18)16(3)19-15-22-13-11-21(19)24-4/h5,7-13,15H,3,6,14H2,1-2,4H3/b12-5-,23-20?. The Morgan fingerprint density at radius 1 is 1.21 bits per heavy atom. The van der Waals surface area contributed by atoms with Crippen molar-refractivity contribution in [1.29, 1.82) is 0 Å². The maximum Gasteiger partial charge on any atom is 0.129 e. The Kier molecular flexibility index (Phi) is 6.50. The second kappa shape index (κ2) is 8.82. The summed E-state index contributed by atoms with van der Waals surface area (Å²) in [7, 11) is 1.65. The van der Waals surface area contributed by atoms with Gasteiger partial charge < -0.3 is 4.74 Å². The van der Waals surface area contributed by atoms with Gasteiger partial charge in [-0.1, -0.05) is 43.8 Å². The molecule has 1 heterocycles. The van der Waals surface area contributed by atoms with Gasteiger partial charge in [0.2, 0.25) is 0 Å². The molecule has 3 nitrogen and oxygen atoms in total. The van der Waals surface area contributed by atoms with Gasteiger partial charge >= 0.3 is 0 Å². The van der Waals surface area contributed by atoms with Crippen LogP contribution in [-0.2, 0) is 12.8 Å². The third-order valence-electron chi connectivity index (χ3n) is 3.86. The number of pyridine rings is 1. The first-order chi connectivity index (χ1) is 11.7. The molecule has 0 aliphatic heterocycles. The van der Waals surface area contributed by atoms with Crippen LogP contribution in [-0.4, -0.2) is 17.8 Å². The first-order valence-corrected chi connectivity index (χ1v) is 8.12. The monoisotopic (exact) mass is 320 g/mol. The van der Waals surface area contributed by atoms with Crippen molar-refractivity contribution in [1.82, 2.24) is 4.98 Å². The maximum absolute atomic E-state index is 5.43. The first-order valence-electron chi connectivity index (χ1n) is 8.12.